The molecule has 0 saturated carbocycles. The molecule has 0 fully saturated rings. The fraction of sp³-hybridized carbons (Fsp3) is 0.294. The van der Waals surface area contributed by atoms with E-state index >= 15 is 0 Å². The highest BCUT2D eigenvalue weighted by molar-refractivity contribution is 6.04. The number of ether oxygens (including phenoxy) is 1. The topological polar surface area (TPSA) is 51.2 Å². The highest BCUT2D eigenvalue weighted by Gasteiger charge is 2.19. The number of rotatable bonds is 2. The van der Waals surface area contributed by atoms with Gasteiger partial charge in [-0.25, -0.2) is 0 Å². The van der Waals surface area contributed by atoms with Gasteiger partial charge in [-0.2, -0.15) is 0 Å². The number of hydrogen-bond donors (Lipinski definition) is 1. The van der Waals surface area contributed by atoms with Crippen LogP contribution in [0.4, 0.5) is 5.69 Å². The summed E-state index contributed by atoms with van der Waals surface area (Å²) in [6.45, 7) is 5.82. The largest absolute Gasteiger partial charge is 0.490 e. The first-order chi connectivity index (χ1) is 10.0. The molecule has 108 valence electrons. The second-order valence-corrected chi connectivity index (χ2v) is 5.55. The number of amides is 1. The fourth-order valence-electron chi connectivity index (χ4n) is 2.67. The van der Waals surface area contributed by atoms with Crippen molar-refractivity contribution in [1.29, 1.82) is 0 Å². The first-order valence-corrected chi connectivity index (χ1v) is 7.07. The summed E-state index contributed by atoms with van der Waals surface area (Å²) in [5, 5.41) is 2.93. The van der Waals surface area contributed by atoms with Crippen LogP contribution in [0.5, 0.6) is 5.75 Å². The molecule has 2 heterocycles. The molecule has 1 amide bonds. The van der Waals surface area contributed by atoms with Crippen molar-refractivity contribution < 1.29 is 9.53 Å². The summed E-state index contributed by atoms with van der Waals surface area (Å²) in [5.74, 6) is 0.798. The Bertz CT molecular complexity index is 690. The van der Waals surface area contributed by atoms with Crippen LogP contribution >= 0.6 is 0 Å². The summed E-state index contributed by atoms with van der Waals surface area (Å²) in [6, 6.07) is 9.35. The molecule has 0 radical (unpaired) electrons. The molecule has 1 aromatic heterocycles. The molecule has 0 saturated heterocycles. The SMILES string of the molecule is Cc1cc(C(=O)Nc2ccc3c(c2)CC(C)O3)cc(C)n1. The second-order valence-electron chi connectivity index (χ2n) is 5.55. The molecule has 4 heteroatoms. The van der Waals surface area contributed by atoms with Gasteiger partial charge in [0.05, 0.1) is 0 Å². The number of benzene rings is 1. The van der Waals surface area contributed by atoms with Crippen LogP contribution in [0.1, 0.15) is 34.2 Å². The smallest absolute Gasteiger partial charge is 0.255 e. The maximum absolute atomic E-state index is 12.3. The second kappa shape index (κ2) is 5.20. The molecular weight excluding hydrogens is 264 g/mol. The Balaban J connectivity index is 1.80. The van der Waals surface area contributed by atoms with E-state index in [2.05, 4.69) is 10.3 Å². The Labute approximate surface area is 124 Å². The van der Waals surface area contributed by atoms with Gasteiger partial charge in [-0.05, 0) is 56.7 Å². The van der Waals surface area contributed by atoms with E-state index < -0.39 is 0 Å². The number of nitrogens with zero attached hydrogens (tertiary/aromatic N) is 1. The Morgan fingerprint density at radius 2 is 1.95 bits per heavy atom. The van der Waals surface area contributed by atoms with E-state index in [0.717, 1.165) is 34.8 Å². The van der Waals surface area contributed by atoms with Crippen LogP contribution in [-0.2, 0) is 6.42 Å². The van der Waals surface area contributed by atoms with Crippen molar-refractivity contribution >= 4 is 11.6 Å². The first-order valence-electron chi connectivity index (χ1n) is 7.07. The number of hydrogen-bond acceptors (Lipinski definition) is 3. The van der Waals surface area contributed by atoms with Crippen LogP contribution in [0.15, 0.2) is 30.3 Å². The highest BCUT2D eigenvalue weighted by Crippen LogP contribution is 2.31. The van der Waals surface area contributed by atoms with Gasteiger partial charge in [-0.15, -0.1) is 0 Å². The van der Waals surface area contributed by atoms with Crippen LogP contribution in [-0.4, -0.2) is 17.0 Å². The summed E-state index contributed by atoms with van der Waals surface area (Å²) in [7, 11) is 0. The number of nitrogens with one attached hydrogen (secondary N) is 1. The average molecular weight is 282 g/mol. The van der Waals surface area contributed by atoms with Gasteiger partial charge in [0.1, 0.15) is 11.9 Å². The van der Waals surface area contributed by atoms with Crippen molar-refractivity contribution in [3.8, 4) is 5.75 Å². The van der Waals surface area contributed by atoms with Gasteiger partial charge >= 0.3 is 0 Å². The number of carbonyl (C=O) groups excluding carboxylic acids is 1. The van der Waals surface area contributed by atoms with Gasteiger partial charge in [0, 0.05) is 29.1 Å². The third-order valence-corrected chi connectivity index (χ3v) is 3.50. The lowest BCUT2D eigenvalue weighted by Crippen LogP contribution is -2.13. The quantitative estimate of drug-likeness (QED) is 0.919. The first kappa shape index (κ1) is 13.6. The van der Waals surface area contributed by atoms with E-state index in [-0.39, 0.29) is 12.0 Å². The highest BCUT2D eigenvalue weighted by atomic mass is 16.5. The van der Waals surface area contributed by atoms with Crippen LogP contribution < -0.4 is 10.1 Å². The Morgan fingerprint density at radius 1 is 1.24 bits per heavy atom. The van der Waals surface area contributed by atoms with Gasteiger partial charge in [0.2, 0.25) is 0 Å². The summed E-state index contributed by atoms with van der Waals surface area (Å²) >= 11 is 0. The predicted molar refractivity (Wildman–Crippen MR) is 81.9 cm³/mol. The standard InChI is InChI=1S/C17H18N2O2/c1-10-6-14(7-11(2)18-10)17(20)19-15-4-5-16-13(9-15)8-12(3)21-16/h4-7,9,12H,8H2,1-3H3,(H,19,20). The minimum atomic E-state index is -0.115. The number of pyridine rings is 1. The monoisotopic (exact) mass is 282 g/mol. The van der Waals surface area contributed by atoms with E-state index in [1.165, 1.54) is 0 Å². The molecule has 0 bridgehead atoms. The van der Waals surface area contributed by atoms with Crippen molar-refractivity contribution in [3.05, 3.63) is 52.8 Å². The molecular formula is C17H18N2O2. The molecule has 1 N–H and O–H groups in total. The molecule has 3 rings (SSSR count). The van der Waals surface area contributed by atoms with E-state index in [9.17, 15) is 4.79 Å². The molecule has 4 nitrogen and oxygen atoms in total. The number of anilines is 1. The zero-order chi connectivity index (χ0) is 15.0. The molecule has 1 aliphatic heterocycles. The van der Waals surface area contributed by atoms with Crippen molar-refractivity contribution in [2.75, 3.05) is 5.32 Å². The van der Waals surface area contributed by atoms with Gasteiger partial charge in [-0.3, -0.25) is 9.78 Å². The lowest BCUT2D eigenvalue weighted by molar-refractivity contribution is 0.102. The Hall–Kier alpha value is -2.36. The number of carbonyl (C=O) groups is 1. The van der Waals surface area contributed by atoms with E-state index in [1.54, 1.807) is 12.1 Å². The predicted octanol–water partition coefficient (Wildman–Crippen LogP) is 3.27. The summed E-state index contributed by atoms with van der Waals surface area (Å²) in [5.41, 5.74) is 4.25. The minimum Gasteiger partial charge on any atom is -0.490 e. The molecule has 1 atom stereocenters. The van der Waals surface area contributed by atoms with Crippen LogP contribution in [0.3, 0.4) is 0 Å². The zero-order valence-electron chi connectivity index (χ0n) is 12.4. The molecule has 0 spiro atoms. The van der Waals surface area contributed by atoms with Crippen LogP contribution in [0.25, 0.3) is 0 Å². The number of aromatic nitrogens is 1. The van der Waals surface area contributed by atoms with Crippen molar-refractivity contribution in [3.63, 3.8) is 0 Å². The third kappa shape index (κ3) is 2.89. The fourth-order valence-corrected chi connectivity index (χ4v) is 2.67. The van der Waals surface area contributed by atoms with Gasteiger partial charge in [0.25, 0.3) is 5.91 Å². The Kier molecular flexibility index (Phi) is 3.37. The van der Waals surface area contributed by atoms with Gasteiger partial charge < -0.3 is 10.1 Å². The maximum atomic E-state index is 12.3. The lowest BCUT2D eigenvalue weighted by atomic mass is 10.1. The van der Waals surface area contributed by atoms with Crippen molar-refractivity contribution in [2.24, 2.45) is 0 Å². The molecule has 0 aliphatic carbocycles. The lowest BCUT2D eigenvalue weighted by Gasteiger charge is -2.08. The molecule has 1 aromatic carbocycles. The molecule has 1 unspecified atom stereocenters. The average Bonchev–Trinajstić information content (AvgIpc) is 2.77. The normalized spacial score (nSPS) is 16.2. The van der Waals surface area contributed by atoms with Crippen LogP contribution in [0, 0.1) is 13.8 Å². The maximum Gasteiger partial charge on any atom is 0.255 e. The van der Waals surface area contributed by atoms with Gasteiger partial charge in [0.15, 0.2) is 0 Å². The van der Waals surface area contributed by atoms with Crippen molar-refractivity contribution in [2.45, 2.75) is 33.3 Å². The van der Waals surface area contributed by atoms with E-state index in [0.29, 0.717) is 5.56 Å². The van der Waals surface area contributed by atoms with Crippen LogP contribution in [0.2, 0.25) is 0 Å². The molecule has 2 aromatic rings. The third-order valence-electron chi connectivity index (χ3n) is 3.50. The number of aryl methyl sites for hydroxylation is 2. The summed E-state index contributed by atoms with van der Waals surface area (Å²) in [4.78, 5) is 16.6. The Morgan fingerprint density at radius 3 is 2.67 bits per heavy atom. The van der Waals surface area contributed by atoms with Crippen molar-refractivity contribution in [1.82, 2.24) is 4.98 Å². The van der Waals surface area contributed by atoms with E-state index in [1.807, 2.05) is 39.0 Å². The summed E-state index contributed by atoms with van der Waals surface area (Å²) < 4.78 is 5.66. The molecule has 1 aliphatic rings. The number of fused-ring (bicyclic) bond motifs is 1. The molecule has 21 heavy (non-hydrogen) atoms. The zero-order valence-corrected chi connectivity index (χ0v) is 12.4. The van der Waals surface area contributed by atoms with E-state index in [4.69, 9.17) is 4.74 Å². The van der Waals surface area contributed by atoms with Gasteiger partial charge in [-0.1, -0.05) is 0 Å². The minimum absolute atomic E-state index is 0.115. The summed E-state index contributed by atoms with van der Waals surface area (Å²) in [6.07, 6.45) is 1.09.